The highest BCUT2D eigenvalue weighted by molar-refractivity contribution is 6.88. The second-order valence-corrected chi connectivity index (χ2v) is 11.8. The van der Waals surface area contributed by atoms with Crippen LogP contribution in [0.15, 0.2) is 30.5 Å². The number of benzene rings is 1. The highest BCUT2D eigenvalue weighted by Gasteiger charge is 2.22. The van der Waals surface area contributed by atoms with E-state index in [1.54, 1.807) is 0 Å². The lowest BCUT2D eigenvalue weighted by Gasteiger charge is -2.15. The zero-order valence-electron chi connectivity index (χ0n) is 13.8. The highest BCUT2D eigenvalue weighted by Crippen LogP contribution is 2.29. The van der Waals surface area contributed by atoms with Crippen LogP contribution in [0.5, 0.6) is 0 Å². The molecule has 2 nitrogen and oxygen atoms in total. The number of rotatable bonds is 2. The van der Waals surface area contributed by atoms with Gasteiger partial charge in [0.2, 0.25) is 5.69 Å². The van der Waals surface area contributed by atoms with Crippen molar-refractivity contribution < 1.29 is 4.57 Å². The van der Waals surface area contributed by atoms with E-state index >= 15 is 0 Å². The normalized spacial score (nSPS) is 11.3. The maximum absolute atomic E-state index is 7.31. The standard InChI is InChI=1S/C18H23N2Si/c1-13-10-14(2)17(19-3)11-16(13)18-9-8-15(12-20(18)4)21(5,6)7/h8-12H,1-2,4-7H3/q+1. The Bertz CT molecular complexity index is 734. The number of pyridine rings is 1. The molecule has 2 aromatic rings. The third kappa shape index (κ3) is 3.06. The Morgan fingerprint density at radius 1 is 1.05 bits per heavy atom. The van der Waals surface area contributed by atoms with Gasteiger partial charge in [0, 0.05) is 16.8 Å². The summed E-state index contributed by atoms with van der Waals surface area (Å²) in [6.45, 7) is 18.5. The van der Waals surface area contributed by atoms with E-state index in [4.69, 9.17) is 6.57 Å². The lowest BCUT2D eigenvalue weighted by molar-refractivity contribution is -0.659. The second-order valence-electron chi connectivity index (χ2n) is 6.73. The molecule has 0 saturated carbocycles. The molecule has 0 bridgehead atoms. The first-order valence-corrected chi connectivity index (χ1v) is 10.7. The molecule has 0 atom stereocenters. The van der Waals surface area contributed by atoms with Gasteiger partial charge < -0.3 is 0 Å². The van der Waals surface area contributed by atoms with Crippen LogP contribution in [-0.4, -0.2) is 8.07 Å². The van der Waals surface area contributed by atoms with Gasteiger partial charge in [-0.05, 0) is 31.0 Å². The molecule has 0 unspecified atom stereocenters. The molecule has 108 valence electrons. The molecule has 3 heteroatoms. The van der Waals surface area contributed by atoms with Gasteiger partial charge in [-0.25, -0.2) is 9.41 Å². The molecule has 1 aromatic heterocycles. The second kappa shape index (κ2) is 5.46. The van der Waals surface area contributed by atoms with Crippen LogP contribution in [0.25, 0.3) is 16.1 Å². The van der Waals surface area contributed by atoms with Crippen LogP contribution in [0.3, 0.4) is 0 Å². The van der Waals surface area contributed by atoms with Gasteiger partial charge in [-0.3, -0.25) is 0 Å². The molecule has 0 saturated heterocycles. The Labute approximate surface area is 128 Å². The van der Waals surface area contributed by atoms with E-state index in [1.807, 2.05) is 13.0 Å². The van der Waals surface area contributed by atoms with Crippen LogP contribution in [0, 0.1) is 20.4 Å². The van der Waals surface area contributed by atoms with Crippen LogP contribution in [0.2, 0.25) is 19.6 Å². The topological polar surface area (TPSA) is 8.24 Å². The van der Waals surface area contributed by atoms with Gasteiger partial charge in [0.1, 0.15) is 7.05 Å². The molecule has 21 heavy (non-hydrogen) atoms. The third-order valence-corrected chi connectivity index (χ3v) is 5.97. The van der Waals surface area contributed by atoms with Crippen molar-refractivity contribution >= 4 is 18.9 Å². The summed E-state index contributed by atoms with van der Waals surface area (Å²) >= 11 is 0. The van der Waals surface area contributed by atoms with Gasteiger partial charge in [-0.15, -0.1) is 0 Å². The van der Waals surface area contributed by atoms with Crippen molar-refractivity contribution in [3.8, 4) is 11.3 Å². The summed E-state index contributed by atoms with van der Waals surface area (Å²) in [5.74, 6) is 0. The van der Waals surface area contributed by atoms with E-state index in [0.29, 0.717) is 0 Å². The summed E-state index contributed by atoms with van der Waals surface area (Å²) < 4.78 is 2.19. The van der Waals surface area contributed by atoms with Crippen LogP contribution in [-0.2, 0) is 7.05 Å². The predicted octanol–water partition coefficient (Wildman–Crippen LogP) is 3.89. The maximum Gasteiger partial charge on any atom is 0.211 e. The molecule has 0 fully saturated rings. The Kier molecular flexibility index (Phi) is 4.02. The van der Waals surface area contributed by atoms with E-state index in [2.05, 4.69) is 67.4 Å². The Hall–Kier alpha value is -1.92. The molecule has 0 amide bonds. The summed E-state index contributed by atoms with van der Waals surface area (Å²) in [7, 11) is 0.795. The molecule has 0 radical (unpaired) electrons. The van der Waals surface area contributed by atoms with E-state index in [1.165, 1.54) is 16.4 Å². The predicted molar refractivity (Wildman–Crippen MR) is 91.8 cm³/mol. The SMILES string of the molecule is [C-]#[N+]c1cc(-c2ccc([Si](C)(C)C)c[n+]2C)c(C)cc1C. The first-order valence-electron chi connectivity index (χ1n) is 7.23. The Balaban J connectivity index is 2.61. The molecule has 0 aliphatic heterocycles. The summed E-state index contributed by atoms with van der Waals surface area (Å²) in [5, 5.41) is 1.45. The maximum atomic E-state index is 7.31. The minimum Gasteiger partial charge on any atom is -0.238 e. The van der Waals surface area contributed by atoms with Crippen LogP contribution in [0.4, 0.5) is 5.69 Å². The van der Waals surface area contributed by atoms with Gasteiger partial charge in [0.05, 0.1) is 14.6 Å². The highest BCUT2D eigenvalue weighted by atomic mass is 28.3. The fraction of sp³-hybridized carbons (Fsp3) is 0.333. The average Bonchev–Trinajstić information content (AvgIpc) is 2.38. The van der Waals surface area contributed by atoms with Gasteiger partial charge >= 0.3 is 0 Å². The zero-order valence-corrected chi connectivity index (χ0v) is 14.8. The van der Waals surface area contributed by atoms with Crippen molar-refractivity contribution in [2.75, 3.05) is 0 Å². The average molecular weight is 295 g/mol. The molecule has 1 aromatic carbocycles. The minimum atomic E-state index is -1.30. The smallest absolute Gasteiger partial charge is 0.211 e. The molecule has 0 spiro atoms. The van der Waals surface area contributed by atoms with Gasteiger partial charge in [0.15, 0.2) is 11.9 Å². The number of aryl methyl sites for hydroxylation is 3. The quantitative estimate of drug-likeness (QED) is 0.451. The monoisotopic (exact) mass is 295 g/mol. The molecule has 0 aliphatic rings. The van der Waals surface area contributed by atoms with Gasteiger partial charge in [0.25, 0.3) is 0 Å². The largest absolute Gasteiger partial charge is 0.238 e. The summed E-state index contributed by atoms with van der Waals surface area (Å²) in [4.78, 5) is 3.63. The van der Waals surface area contributed by atoms with Crippen molar-refractivity contribution in [2.24, 2.45) is 7.05 Å². The van der Waals surface area contributed by atoms with Crippen molar-refractivity contribution in [1.29, 1.82) is 0 Å². The van der Waals surface area contributed by atoms with Crippen LogP contribution < -0.4 is 9.75 Å². The van der Waals surface area contributed by atoms with Crippen LogP contribution >= 0.6 is 0 Å². The fourth-order valence-corrected chi connectivity index (χ4v) is 3.73. The van der Waals surface area contributed by atoms with E-state index in [-0.39, 0.29) is 0 Å². The molecule has 1 heterocycles. The molecular formula is C18H23N2Si+. The fourth-order valence-electron chi connectivity index (χ4n) is 2.57. The van der Waals surface area contributed by atoms with Gasteiger partial charge in [-0.2, -0.15) is 0 Å². The number of nitrogens with zero attached hydrogens (tertiary/aromatic N) is 2. The lowest BCUT2D eigenvalue weighted by Crippen LogP contribution is -2.44. The number of hydrogen-bond donors (Lipinski definition) is 0. The van der Waals surface area contributed by atoms with Crippen molar-refractivity contribution in [2.45, 2.75) is 33.5 Å². The third-order valence-electron chi connectivity index (χ3n) is 3.94. The lowest BCUT2D eigenvalue weighted by atomic mass is 10.0. The summed E-state index contributed by atoms with van der Waals surface area (Å²) in [5.41, 5.74) is 5.32. The summed E-state index contributed by atoms with van der Waals surface area (Å²) in [6, 6.07) is 8.56. The summed E-state index contributed by atoms with van der Waals surface area (Å²) in [6.07, 6.45) is 2.25. The Morgan fingerprint density at radius 2 is 1.71 bits per heavy atom. The van der Waals surface area contributed by atoms with Crippen molar-refractivity contribution in [3.05, 3.63) is 53.0 Å². The molecule has 0 N–H and O–H groups in total. The van der Waals surface area contributed by atoms with E-state index < -0.39 is 8.07 Å². The first kappa shape index (κ1) is 15.5. The molecule has 0 aliphatic carbocycles. The van der Waals surface area contributed by atoms with E-state index in [0.717, 1.165) is 16.8 Å². The number of hydrogen-bond acceptors (Lipinski definition) is 0. The molecular weight excluding hydrogens is 272 g/mol. The minimum absolute atomic E-state index is 0.741. The van der Waals surface area contributed by atoms with Crippen molar-refractivity contribution in [3.63, 3.8) is 0 Å². The first-order chi connectivity index (χ1) is 9.74. The van der Waals surface area contributed by atoms with Gasteiger partial charge in [-0.1, -0.05) is 31.8 Å². The Morgan fingerprint density at radius 3 is 2.24 bits per heavy atom. The number of aromatic nitrogens is 1. The van der Waals surface area contributed by atoms with E-state index in [9.17, 15) is 0 Å². The zero-order chi connectivity index (χ0) is 15.8. The van der Waals surface area contributed by atoms with Crippen molar-refractivity contribution in [1.82, 2.24) is 0 Å². The van der Waals surface area contributed by atoms with Crippen LogP contribution in [0.1, 0.15) is 11.1 Å². The molecule has 2 rings (SSSR count).